The van der Waals surface area contributed by atoms with Crippen molar-refractivity contribution in [2.75, 3.05) is 24.7 Å². The zero-order valence-corrected chi connectivity index (χ0v) is 28.0. The molecule has 1 aliphatic rings. The van der Waals surface area contributed by atoms with Crippen molar-refractivity contribution in [3.05, 3.63) is 126 Å². The maximum Gasteiger partial charge on any atom is 0.419 e. The van der Waals surface area contributed by atoms with Crippen LogP contribution in [-0.2, 0) is 26.9 Å². The van der Waals surface area contributed by atoms with E-state index in [0.29, 0.717) is 30.8 Å². The van der Waals surface area contributed by atoms with Gasteiger partial charge in [-0.15, -0.1) is 11.8 Å². The van der Waals surface area contributed by atoms with E-state index in [-0.39, 0.29) is 23.3 Å². The van der Waals surface area contributed by atoms with E-state index >= 15 is 0 Å². The minimum absolute atomic E-state index is 0.0604. The molecule has 1 aromatic heterocycles. The van der Waals surface area contributed by atoms with Crippen molar-refractivity contribution in [1.82, 2.24) is 15.6 Å². The number of aryl methyl sites for hydroxylation is 1. The first kappa shape index (κ1) is 35.9. The van der Waals surface area contributed by atoms with Crippen molar-refractivity contribution < 1.29 is 32.2 Å². The van der Waals surface area contributed by atoms with Crippen LogP contribution in [0.15, 0.2) is 108 Å². The highest BCUT2D eigenvalue weighted by Crippen LogP contribution is 2.36. The highest BCUT2D eigenvalue weighted by Gasteiger charge is 2.36. The topological polar surface area (TPSA) is 102 Å². The molecule has 4 aromatic rings. The largest absolute Gasteiger partial charge is 0.453 e. The van der Waals surface area contributed by atoms with Crippen LogP contribution in [0.5, 0.6) is 0 Å². The van der Waals surface area contributed by atoms with Crippen LogP contribution >= 0.6 is 11.8 Å². The number of halogens is 3. The van der Waals surface area contributed by atoms with Gasteiger partial charge in [0.25, 0.3) is 0 Å². The van der Waals surface area contributed by atoms with Crippen LogP contribution in [0.3, 0.4) is 0 Å². The average molecular weight is 693 g/mol. The number of alkyl halides is 3. The number of morpholine rings is 1. The number of alkyl carbamates (subject to hydrolysis) is 1. The third-order valence-electron chi connectivity index (χ3n) is 8.46. The molecular weight excluding hydrogens is 653 g/mol. The number of hydrogen-bond donors (Lipinski definition) is 3. The first-order valence-corrected chi connectivity index (χ1v) is 17.0. The molecule has 0 radical (unpaired) electrons. The van der Waals surface area contributed by atoms with Crippen LogP contribution in [0.1, 0.15) is 41.5 Å². The van der Waals surface area contributed by atoms with E-state index in [1.54, 1.807) is 0 Å². The van der Waals surface area contributed by atoms with Gasteiger partial charge in [0, 0.05) is 36.1 Å². The Bertz CT molecular complexity index is 1640. The van der Waals surface area contributed by atoms with Gasteiger partial charge >= 0.3 is 12.3 Å². The van der Waals surface area contributed by atoms with Crippen LogP contribution in [-0.4, -0.2) is 60.7 Å². The number of nitrogens with one attached hydrogen (secondary N) is 3. The Morgan fingerprint density at radius 3 is 2.29 bits per heavy atom. The molecule has 8 nitrogen and oxygen atoms in total. The summed E-state index contributed by atoms with van der Waals surface area (Å²) in [5, 5.41) is 9.17. The molecule has 0 saturated carbocycles. The summed E-state index contributed by atoms with van der Waals surface area (Å²) < 4.78 is 51.7. The Kier molecular flexibility index (Phi) is 12.3. The number of anilines is 1. The van der Waals surface area contributed by atoms with Gasteiger partial charge in [0.1, 0.15) is 11.1 Å². The number of ether oxygens (including phenoxy) is 2. The Morgan fingerprint density at radius 2 is 1.63 bits per heavy atom. The van der Waals surface area contributed by atoms with E-state index in [9.17, 15) is 22.8 Å². The Labute approximate surface area is 288 Å². The summed E-state index contributed by atoms with van der Waals surface area (Å²) in [4.78, 5) is 30.6. The number of nitrogens with zero attached hydrogens (tertiary/aromatic N) is 1. The molecule has 3 aromatic carbocycles. The number of hydrogen-bond acceptors (Lipinski definition) is 7. The lowest BCUT2D eigenvalue weighted by Gasteiger charge is -2.36. The van der Waals surface area contributed by atoms with Gasteiger partial charge in [0.2, 0.25) is 5.91 Å². The number of rotatable bonds is 12. The molecule has 0 bridgehead atoms. The second-order valence-corrected chi connectivity index (χ2v) is 12.8. The lowest BCUT2D eigenvalue weighted by molar-refractivity contribution is -0.140. The molecular formula is C37H39F3N4O4S. The van der Waals surface area contributed by atoms with Crippen LogP contribution in [0, 0.1) is 0 Å². The van der Waals surface area contributed by atoms with Crippen LogP contribution in [0.4, 0.5) is 23.7 Å². The SMILES string of the molecule is COC(=O)NC(C(=O)Nc1ccccc1CCC1CNC(C)C(CSc2ncccc2C(F)(F)F)O1)C(c1ccccc1)c1ccccc1. The van der Waals surface area contributed by atoms with E-state index in [1.165, 1.54) is 19.4 Å². The number of benzene rings is 3. The molecule has 4 atom stereocenters. The summed E-state index contributed by atoms with van der Waals surface area (Å²) in [7, 11) is 1.25. The molecule has 1 saturated heterocycles. The lowest BCUT2D eigenvalue weighted by atomic mass is 9.84. The predicted molar refractivity (Wildman–Crippen MR) is 184 cm³/mol. The fourth-order valence-corrected chi connectivity index (χ4v) is 7.03. The highest BCUT2D eigenvalue weighted by molar-refractivity contribution is 7.99. The first-order chi connectivity index (χ1) is 23.6. The van der Waals surface area contributed by atoms with Gasteiger partial charge in [0.05, 0.1) is 24.9 Å². The summed E-state index contributed by atoms with van der Waals surface area (Å²) in [6, 6.07) is 27.7. The second kappa shape index (κ2) is 16.8. The van der Waals surface area contributed by atoms with Gasteiger partial charge in [-0.05, 0) is 54.7 Å². The minimum Gasteiger partial charge on any atom is -0.453 e. The van der Waals surface area contributed by atoms with Gasteiger partial charge in [-0.3, -0.25) is 4.79 Å². The quantitative estimate of drug-likeness (QED) is 0.137. The molecule has 5 rings (SSSR count). The predicted octanol–water partition coefficient (Wildman–Crippen LogP) is 7.07. The molecule has 49 heavy (non-hydrogen) atoms. The number of aromatic nitrogens is 1. The monoisotopic (exact) mass is 692 g/mol. The van der Waals surface area contributed by atoms with Crippen molar-refractivity contribution >= 4 is 29.4 Å². The smallest absolute Gasteiger partial charge is 0.419 e. The summed E-state index contributed by atoms with van der Waals surface area (Å²) >= 11 is 1.03. The number of carbonyl (C=O) groups excluding carboxylic acids is 2. The van der Waals surface area contributed by atoms with Crippen molar-refractivity contribution in [3.8, 4) is 0 Å². The third-order valence-corrected chi connectivity index (χ3v) is 9.55. The molecule has 4 unspecified atom stereocenters. The molecule has 2 heterocycles. The van der Waals surface area contributed by atoms with Crippen molar-refractivity contribution in [1.29, 1.82) is 0 Å². The minimum atomic E-state index is -4.49. The van der Waals surface area contributed by atoms with E-state index in [0.717, 1.165) is 34.5 Å². The fraction of sp³-hybridized carbons (Fsp3) is 0.324. The third kappa shape index (κ3) is 9.62. The number of methoxy groups -OCH3 is 1. The Hall–Kier alpha value is -4.39. The van der Waals surface area contributed by atoms with Gasteiger partial charge < -0.3 is 25.4 Å². The zero-order chi connectivity index (χ0) is 34.8. The van der Waals surface area contributed by atoms with E-state index < -0.39 is 35.7 Å². The number of para-hydroxylation sites is 1. The second-order valence-electron chi connectivity index (χ2n) is 11.8. The van der Waals surface area contributed by atoms with Crippen molar-refractivity contribution in [3.63, 3.8) is 0 Å². The number of pyridine rings is 1. The normalized spacial score (nSPS) is 18.4. The summed E-state index contributed by atoms with van der Waals surface area (Å²) in [5.41, 5.74) is 2.41. The van der Waals surface area contributed by atoms with E-state index in [4.69, 9.17) is 9.47 Å². The molecule has 0 aliphatic carbocycles. The van der Waals surface area contributed by atoms with Crippen molar-refractivity contribution in [2.24, 2.45) is 0 Å². The number of amides is 2. The van der Waals surface area contributed by atoms with Crippen LogP contribution in [0.25, 0.3) is 0 Å². The lowest BCUT2D eigenvalue weighted by Crippen LogP contribution is -2.52. The van der Waals surface area contributed by atoms with E-state index in [2.05, 4.69) is 20.9 Å². The Morgan fingerprint density at radius 1 is 0.980 bits per heavy atom. The molecule has 3 N–H and O–H groups in total. The fourth-order valence-electron chi connectivity index (χ4n) is 5.87. The molecule has 1 fully saturated rings. The number of thioether (sulfide) groups is 1. The van der Waals surface area contributed by atoms with Gasteiger partial charge in [0.15, 0.2) is 0 Å². The Balaban J connectivity index is 1.28. The first-order valence-electron chi connectivity index (χ1n) is 16.0. The molecule has 12 heteroatoms. The summed E-state index contributed by atoms with van der Waals surface area (Å²) in [6.07, 6.45) is -3.23. The zero-order valence-electron chi connectivity index (χ0n) is 27.2. The van der Waals surface area contributed by atoms with Crippen LogP contribution in [0.2, 0.25) is 0 Å². The summed E-state index contributed by atoms with van der Waals surface area (Å²) in [6.45, 7) is 2.53. The molecule has 0 spiro atoms. The van der Waals surface area contributed by atoms with E-state index in [1.807, 2.05) is 91.9 Å². The standard InChI is InChI=1S/C37H39F3N4O4S/c1-24-31(23-49-35-29(37(38,39)40)17-11-21-41-35)48-28(22-42-24)20-19-25-12-9-10-18-30(25)43-34(45)33(44-36(46)47-2)32(26-13-5-3-6-14-26)27-15-7-4-8-16-27/h3-18,21,24,28,31-33,42H,19-20,22-23H2,1-2H3,(H,43,45)(H,44,46). The van der Waals surface area contributed by atoms with Crippen molar-refractivity contribution in [2.45, 2.75) is 61.2 Å². The molecule has 258 valence electrons. The average Bonchev–Trinajstić information content (AvgIpc) is 3.11. The molecule has 1 aliphatic heterocycles. The maximum atomic E-state index is 14.1. The number of carbonyl (C=O) groups is 2. The van der Waals surface area contributed by atoms with Gasteiger partial charge in [-0.1, -0.05) is 78.9 Å². The maximum absolute atomic E-state index is 14.1. The molecule has 2 amide bonds. The summed E-state index contributed by atoms with van der Waals surface area (Å²) in [5.74, 6) is -0.619. The highest BCUT2D eigenvalue weighted by atomic mass is 32.2. The van der Waals surface area contributed by atoms with Crippen LogP contribution < -0.4 is 16.0 Å². The van der Waals surface area contributed by atoms with Gasteiger partial charge in [-0.25, -0.2) is 9.78 Å². The van der Waals surface area contributed by atoms with Gasteiger partial charge in [-0.2, -0.15) is 13.2 Å².